The van der Waals surface area contributed by atoms with Gasteiger partial charge in [0, 0.05) is 0 Å². The third-order valence-corrected chi connectivity index (χ3v) is 0.257. The summed E-state index contributed by atoms with van der Waals surface area (Å²) in [7, 11) is -11.7. The summed E-state index contributed by atoms with van der Waals surface area (Å²) in [6.45, 7) is 0. The van der Waals surface area contributed by atoms with E-state index in [4.69, 9.17) is 75.3 Å². The van der Waals surface area contributed by atoms with Gasteiger partial charge in [0.1, 0.15) is 0 Å². The van der Waals surface area contributed by atoms with E-state index in [0.29, 0.717) is 0 Å². The second-order valence-electron chi connectivity index (χ2n) is 2.00. The predicted octanol–water partition coefficient (Wildman–Crippen LogP) is -52.1. The molecule has 0 heterocycles. The Bertz CT molecular complexity index is 229. The minimum absolute atomic E-state index is 0. The number of carboxylic acids is 1. The van der Waals surface area contributed by atoms with Crippen LogP contribution in [0.2, 0.25) is 0 Å². The molecular weight excluding hydrogens is 429 g/mol. The Morgan fingerprint density at radius 3 is 0.486 bits per heavy atom. The summed E-state index contributed by atoms with van der Waals surface area (Å²) >= 11 is 0. The van der Waals surface area contributed by atoms with Gasteiger partial charge in [0.05, 0.1) is 0 Å². The van der Waals surface area contributed by atoms with E-state index in [1.54, 1.807) is 0 Å². The van der Waals surface area contributed by atoms with Crippen LogP contribution in [0.1, 0.15) is 0 Å². The Kier molecular flexibility index (Phi) is 271. The van der Waals surface area contributed by atoms with Gasteiger partial charge in [-0.05, 0) is 0 Å². The van der Waals surface area contributed by atoms with Crippen LogP contribution in [0.5, 0.6) is 0 Å². The molecule has 0 saturated carbocycles. The standard InChI is InChI=1S/C2H2F2O3.4BO3.12Li/c3-2(4,7)1(5)6;4*2-1(3)4;;;;;;;;;;;;/h7H,(H,5,6);;;;;;;;;;;;;;;;/q;4*-3;12*+1. The smallest absolute Gasteiger partial charge is 0.907 e. The average Bonchev–Trinajstić information content (AvgIpc) is 2.10. The summed E-state index contributed by atoms with van der Waals surface area (Å²) in [6.07, 6.45) is -4.58. The SMILES string of the molecule is O=C(O)C(O)(F)F.[Li+].[Li+].[Li+].[Li+].[Li+].[Li+].[Li+].[Li+].[Li+].[Li+].[Li+].[Li+].[O-]B([O-])[O-].[O-]B([O-])[O-].[O-]B([O-])[O-].[O-]B([O-])[O-]. The van der Waals surface area contributed by atoms with Crippen molar-refractivity contribution in [1.29, 1.82) is 0 Å². The van der Waals surface area contributed by atoms with Crippen molar-refractivity contribution in [3.8, 4) is 0 Å². The maximum atomic E-state index is 10.8. The molecule has 0 aromatic carbocycles. The number of aliphatic hydroxyl groups is 1. The zero-order valence-electron chi connectivity index (χ0n) is 22.3. The summed E-state index contributed by atoms with van der Waals surface area (Å²) in [4.78, 5) is 9.02. The molecule has 33 heteroatoms. The number of hydrogen-bond donors (Lipinski definition) is 2. The van der Waals surface area contributed by atoms with Gasteiger partial charge in [-0.3, -0.25) is 29.3 Å². The van der Waals surface area contributed by atoms with Gasteiger partial charge in [0.25, 0.3) is 0 Å². The molecule has 0 aliphatic heterocycles. The van der Waals surface area contributed by atoms with E-state index in [1.165, 1.54) is 0 Å². The largest absolute Gasteiger partial charge is 1.00 e. The van der Waals surface area contributed by atoms with Crippen molar-refractivity contribution in [3.63, 3.8) is 0 Å². The van der Waals surface area contributed by atoms with Crippen LogP contribution in [0.4, 0.5) is 8.78 Å². The van der Waals surface area contributed by atoms with Gasteiger partial charge in [-0.15, -0.1) is 0 Å². The van der Waals surface area contributed by atoms with E-state index >= 15 is 0 Å². The molecule has 0 unspecified atom stereocenters. The molecule has 0 aliphatic carbocycles. The normalized spacial score (nSPS) is 5.34. The molecule has 0 aliphatic rings. The fourth-order valence-electron chi connectivity index (χ4n) is 0. The van der Waals surface area contributed by atoms with E-state index < -0.39 is 41.4 Å². The van der Waals surface area contributed by atoms with Gasteiger partial charge in [-0.25, -0.2) is 4.79 Å². The third kappa shape index (κ3) is 393. The first-order chi connectivity index (χ1) is 9.87. The maximum absolute atomic E-state index is 10.8. The molecular formula is C2H2B4F2Li12O15. The fraction of sp³-hybridized carbons (Fsp3) is 0.500. The van der Waals surface area contributed by atoms with Crippen LogP contribution in [-0.4, -0.2) is 51.6 Å². The van der Waals surface area contributed by atoms with Gasteiger partial charge in [-0.1, -0.05) is 0 Å². The summed E-state index contributed by atoms with van der Waals surface area (Å²) in [6, 6.07) is 0. The molecule has 0 bridgehead atoms. The molecule has 35 heavy (non-hydrogen) atoms. The van der Waals surface area contributed by atoms with Crippen molar-refractivity contribution < 1.29 is 310 Å². The van der Waals surface area contributed by atoms with Gasteiger partial charge in [0.15, 0.2) is 0 Å². The van der Waals surface area contributed by atoms with E-state index in [1.807, 2.05) is 0 Å². The molecule has 0 aromatic rings. The first-order valence-electron chi connectivity index (χ1n) is 4.11. The number of rotatable bonds is 1. The Morgan fingerprint density at radius 1 is 0.457 bits per heavy atom. The van der Waals surface area contributed by atoms with Crippen LogP contribution >= 0.6 is 0 Å². The molecule has 0 saturated heterocycles. The molecule has 0 spiro atoms. The van der Waals surface area contributed by atoms with E-state index in [9.17, 15) is 8.78 Å². The number of carboxylic acid groups (broad SMARTS) is 1. The molecule has 0 aromatic heterocycles. The van der Waals surface area contributed by atoms with E-state index in [0.717, 1.165) is 0 Å². The third-order valence-electron chi connectivity index (χ3n) is 0.257. The fourth-order valence-corrected chi connectivity index (χ4v) is 0. The molecule has 15 nitrogen and oxygen atoms in total. The van der Waals surface area contributed by atoms with Crippen molar-refractivity contribution in [2.45, 2.75) is 6.11 Å². The van der Waals surface area contributed by atoms with Crippen molar-refractivity contribution in [1.82, 2.24) is 0 Å². The summed E-state index contributed by atoms with van der Waals surface area (Å²) < 4.78 is 21.6. The molecule has 0 atom stereocenters. The molecule has 2 N–H and O–H groups in total. The number of carbonyl (C=O) groups is 1. The number of aliphatic carboxylic acids is 1. The van der Waals surface area contributed by atoms with Crippen molar-refractivity contribution >= 4 is 35.3 Å². The van der Waals surface area contributed by atoms with Gasteiger partial charge < -0.3 is 70.5 Å². The van der Waals surface area contributed by atoms with Gasteiger partial charge in [-0.2, -0.15) is 8.78 Å². The molecule has 0 rings (SSSR count). The van der Waals surface area contributed by atoms with Crippen molar-refractivity contribution in [2.75, 3.05) is 0 Å². The van der Waals surface area contributed by atoms with E-state index in [-0.39, 0.29) is 226 Å². The first kappa shape index (κ1) is 114. The molecule has 0 radical (unpaired) electrons. The van der Waals surface area contributed by atoms with Gasteiger partial charge in [0.2, 0.25) is 0 Å². The second-order valence-corrected chi connectivity index (χ2v) is 2.00. The summed E-state index contributed by atoms with van der Waals surface area (Å²) in [5, 5.41) is 115. The van der Waals surface area contributed by atoms with Crippen molar-refractivity contribution in [2.24, 2.45) is 0 Å². The number of halogens is 2. The number of hydrogen-bond acceptors (Lipinski definition) is 14. The van der Waals surface area contributed by atoms with Crippen LogP contribution in [0.3, 0.4) is 0 Å². The Labute approximate surface area is 346 Å². The van der Waals surface area contributed by atoms with Crippen LogP contribution in [0.15, 0.2) is 0 Å². The predicted molar refractivity (Wildman–Crippen MR) is 37.8 cm³/mol. The van der Waals surface area contributed by atoms with Crippen LogP contribution in [0.25, 0.3) is 0 Å². The van der Waals surface area contributed by atoms with Crippen LogP contribution < -0.4 is 287 Å². The summed E-state index contributed by atoms with van der Waals surface area (Å²) in [5.74, 6) is -2.53. The van der Waals surface area contributed by atoms with Crippen molar-refractivity contribution in [3.05, 3.63) is 0 Å². The maximum Gasteiger partial charge on any atom is 1.00 e. The topological polar surface area (TPSA) is 334 Å². The average molecular weight is 431 g/mol. The van der Waals surface area contributed by atoms with E-state index in [2.05, 4.69) is 0 Å². The first-order valence-corrected chi connectivity index (χ1v) is 4.11. The molecule has 138 valence electrons. The zero-order chi connectivity index (χ0) is 20.4. The Balaban J connectivity index is -0.00000000722. The molecule has 0 amide bonds. The quantitative estimate of drug-likeness (QED) is 0.364. The monoisotopic (exact) mass is 432 g/mol. The minimum Gasteiger partial charge on any atom is -0.907 e. The summed E-state index contributed by atoms with van der Waals surface area (Å²) in [5.41, 5.74) is 0. The Morgan fingerprint density at radius 2 is 0.486 bits per heavy atom. The Hall–Kier alpha value is 6.24. The van der Waals surface area contributed by atoms with Crippen LogP contribution in [-0.2, 0) is 4.79 Å². The second kappa shape index (κ2) is 83.5. The minimum atomic E-state index is -4.58. The van der Waals surface area contributed by atoms with Crippen LogP contribution in [0, 0.1) is 0 Å². The molecule has 0 fully saturated rings. The van der Waals surface area contributed by atoms with Gasteiger partial charge >= 0.3 is 238 Å². The number of alkyl halides is 2. The zero-order valence-corrected chi connectivity index (χ0v) is 22.3.